The van der Waals surface area contributed by atoms with E-state index in [1.807, 2.05) is 6.92 Å². The molecule has 0 spiro atoms. The predicted octanol–water partition coefficient (Wildman–Crippen LogP) is 4.54. The number of amides is 2. The van der Waals surface area contributed by atoms with Crippen LogP contribution in [-0.4, -0.2) is 44.8 Å². The van der Waals surface area contributed by atoms with E-state index in [0.717, 1.165) is 15.9 Å². The minimum Gasteiger partial charge on any atom is -0.357 e. The second kappa shape index (κ2) is 12.2. The second-order valence-electron chi connectivity index (χ2n) is 8.46. The fraction of sp³-hybridized carbons (Fsp3) is 0.259. The lowest BCUT2D eigenvalue weighted by Gasteiger charge is -2.33. The monoisotopic (exact) mass is 545 g/mol. The van der Waals surface area contributed by atoms with Crippen molar-refractivity contribution in [3.8, 4) is 0 Å². The molecule has 10 heteroatoms. The summed E-state index contributed by atoms with van der Waals surface area (Å²) in [6.07, 6.45) is 0.281. The molecule has 0 aliphatic carbocycles. The van der Waals surface area contributed by atoms with E-state index in [-0.39, 0.29) is 23.5 Å². The van der Waals surface area contributed by atoms with Gasteiger partial charge in [0.05, 0.1) is 10.6 Å². The molecular formula is C27H29ClFN3O4S. The number of nitrogens with zero attached hydrogens (tertiary/aromatic N) is 2. The van der Waals surface area contributed by atoms with Gasteiger partial charge in [0.25, 0.3) is 10.0 Å². The van der Waals surface area contributed by atoms with Gasteiger partial charge in [-0.05, 0) is 55.3 Å². The molecule has 0 saturated heterocycles. The van der Waals surface area contributed by atoms with Crippen molar-refractivity contribution in [2.45, 2.75) is 37.8 Å². The van der Waals surface area contributed by atoms with Crippen molar-refractivity contribution in [1.82, 2.24) is 10.2 Å². The minimum atomic E-state index is -4.33. The number of likely N-dealkylation sites (N-methyl/N-ethyl adjacent to an activating group) is 1. The molecule has 1 atom stereocenters. The highest BCUT2D eigenvalue weighted by Crippen LogP contribution is 2.27. The third-order valence-corrected chi connectivity index (χ3v) is 7.93. The Kier molecular flexibility index (Phi) is 9.29. The average Bonchev–Trinajstić information content (AvgIpc) is 2.88. The maximum absolute atomic E-state index is 14.9. The molecule has 2 amide bonds. The number of aryl methyl sites for hydroxylation is 1. The third kappa shape index (κ3) is 6.67. The van der Waals surface area contributed by atoms with E-state index in [4.69, 9.17) is 11.6 Å². The van der Waals surface area contributed by atoms with Crippen molar-refractivity contribution in [3.05, 3.63) is 94.8 Å². The molecule has 0 fully saturated rings. The van der Waals surface area contributed by atoms with E-state index < -0.39 is 40.2 Å². The van der Waals surface area contributed by atoms with Crippen LogP contribution in [0.3, 0.4) is 0 Å². The summed E-state index contributed by atoms with van der Waals surface area (Å²) in [5, 5.41) is 3.07. The largest absolute Gasteiger partial charge is 0.357 e. The zero-order valence-corrected chi connectivity index (χ0v) is 22.4. The summed E-state index contributed by atoms with van der Waals surface area (Å²) < 4.78 is 43.0. The summed E-state index contributed by atoms with van der Waals surface area (Å²) in [4.78, 5) is 27.6. The number of anilines is 1. The molecule has 0 heterocycles. The number of halogens is 2. The third-order valence-electron chi connectivity index (χ3n) is 5.91. The lowest BCUT2D eigenvalue weighted by molar-refractivity contribution is -0.140. The quantitative estimate of drug-likeness (QED) is 0.405. The molecule has 3 aromatic rings. The van der Waals surface area contributed by atoms with E-state index in [2.05, 4.69) is 5.32 Å². The highest BCUT2D eigenvalue weighted by atomic mass is 35.5. The topological polar surface area (TPSA) is 86.8 Å². The van der Waals surface area contributed by atoms with E-state index >= 15 is 0 Å². The normalized spacial score (nSPS) is 12.0. The first-order valence-electron chi connectivity index (χ1n) is 11.7. The predicted molar refractivity (Wildman–Crippen MR) is 142 cm³/mol. The number of hydrogen-bond acceptors (Lipinski definition) is 4. The first-order chi connectivity index (χ1) is 17.6. The van der Waals surface area contributed by atoms with Gasteiger partial charge in [0.1, 0.15) is 18.4 Å². The lowest BCUT2D eigenvalue weighted by Crippen LogP contribution is -2.51. The second-order valence-corrected chi connectivity index (χ2v) is 10.8. The molecule has 0 aliphatic heterocycles. The SMILES string of the molecule is CC[C@@H](C(=O)NC)N(Cc1ccc(Cl)cc1)C(=O)CN(c1ccccc1F)S(=O)(=O)c1ccc(C)cc1. The Hall–Kier alpha value is -3.43. The number of nitrogens with one attached hydrogen (secondary N) is 1. The number of benzene rings is 3. The standard InChI is InChI=1S/C27H29ClFN3O4S/c1-4-24(27(34)30-3)31(17-20-11-13-21(28)14-12-20)26(33)18-32(25-8-6-5-7-23(25)29)37(35,36)22-15-9-19(2)10-16-22/h5-16,24H,4,17-18H2,1-3H3,(H,30,34)/t24-/m0/s1. The average molecular weight is 546 g/mol. The Bertz CT molecular complexity index is 1350. The maximum Gasteiger partial charge on any atom is 0.264 e. The molecule has 1 N–H and O–H groups in total. The first kappa shape index (κ1) is 28.1. The summed E-state index contributed by atoms with van der Waals surface area (Å²) >= 11 is 5.99. The van der Waals surface area contributed by atoms with Crippen molar-refractivity contribution in [2.24, 2.45) is 0 Å². The molecule has 0 radical (unpaired) electrons. The number of carbonyl (C=O) groups excluding carboxylic acids is 2. The van der Waals surface area contributed by atoms with Crippen LogP contribution in [0.5, 0.6) is 0 Å². The first-order valence-corrected chi connectivity index (χ1v) is 13.5. The van der Waals surface area contributed by atoms with E-state index in [1.54, 1.807) is 43.3 Å². The van der Waals surface area contributed by atoms with Crippen LogP contribution < -0.4 is 9.62 Å². The Labute approximate surface area is 221 Å². The number of carbonyl (C=O) groups is 2. The molecule has 37 heavy (non-hydrogen) atoms. The molecule has 0 aliphatic rings. The van der Waals surface area contributed by atoms with E-state index in [0.29, 0.717) is 10.6 Å². The van der Waals surface area contributed by atoms with Crippen LogP contribution in [0.1, 0.15) is 24.5 Å². The van der Waals surface area contributed by atoms with Crippen LogP contribution in [0.4, 0.5) is 10.1 Å². The Morgan fingerprint density at radius 1 is 1.00 bits per heavy atom. The van der Waals surface area contributed by atoms with Gasteiger partial charge in [-0.2, -0.15) is 0 Å². The van der Waals surface area contributed by atoms with Gasteiger partial charge in [-0.1, -0.05) is 60.5 Å². The lowest BCUT2D eigenvalue weighted by atomic mass is 10.1. The fourth-order valence-electron chi connectivity index (χ4n) is 3.88. The molecule has 7 nitrogen and oxygen atoms in total. The van der Waals surface area contributed by atoms with Crippen LogP contribution in [-0.2, 0) is 26.2 Å². The van der Waals surface area contributed by atoms with Crippen molar-refractivity contribution >= 4 is 39.1 Å². The molecule has 3 aromatic carbocycles. The summed E-state index contributed by atoms with van der Waals surface area (Å²) in [7, 11) is -2.87. The molecule has 0 bridgehead atoms. The van der Waals surface area contributed by atoms with Crippen molar-refractivity contribution < 1.29 is 22.4 Å². The van der Waals surface area contributed by atoms with Crippen molar-refractivity contribution in [1.29, 1.82) is 0 Å². The van der Waals surface area contributed by atoms with E-state index in [9.17, 15) is 22.4 Å². The summed E-state index contributed by atoms with van der Waals surface area (Å²) in [5.41, 5.74) is 1.27. The molecule has 0 aromatic heterocycles. The van der Waals surface area contributed by atoms with Gasteiger partial charge in [0.15, 0.2) is 0 Å². The Morgan fingerprint density at radius 3 is 2.19 bits per heavy atom. The molecular weight excluding hydrogens is 517 g/mol. The highest BCUT2D eigenvalue weighted by molar-refractivity contribution is 7.92. The fourth-order valence-corrected chi connectivity index (χ4v) is 5.43. The van der Waals surface area contributed by atoms with E-state index in [1.165, 1.54) is 42.3 Å². The van der Waals surface area contributed by atoms with Gasteiger partial charge >= 0.3 is 0 Å². The number of para-hydroxylation sites is 1. The number of hydrogen-bond donors (Lipinski definition) is 1. The van der Waals surface area contributed by atoms with Crippen LogP contribution in [0.15, 0.2) is 77.7 Å². The van der Waals surface area contributed by atoms with Crippen molar-refractivity contribution in [2.75, 3.05) is 17.9 Å². The molecule has 3 rings (SSSR count). The van der Waals surface area contributed by atoms with Crippen molar-refractivity contribution in [3.63, 3.8) is 0 Å². The van der Waals surface area contributed by atoms with Gasteiger partial charge in [-0.25, -0.2) is 12.8 Å². The summed E-state index contributed by atoms with van der Waals surface area (Å²) in [6.45, 7) is 2.88. The number of sulfonamides is 1. The maximum atomic E-state index is 14.9. The van der Waals surface area contributed by atoms with Crippen LogP contribution >= 0.6 is 11.6 Å². The Balaban J connectivity index is 2.06. The summed E-state index contributed by atoms with van der Waals surface area (Å²) in [5.74, 6) is -1.86. The molecule has 0 unspecified atom stereocenters. The van der Waals surface area contributed by atoms with Gasteiger partial charge in [0, 0.05) is 18.6 Å². The van der Waals surface area contributed by atoms with Crippen LogP contribution in [0, 0.1) is 12.7 Å². The molecule has 196 valence electrons. The zero-order valence-electron chi connectivity index (χ0n) is 20.8. The molecule has 0 saturated carbocycles. The van der Waals surface area contributed by atoms with Crippen LogP contribution in [0.25, 0.3) is 0 Å². The highest BCUT2D eigenvalue weighted by Gasteiger charge is 2.34. The smallest absolute Gasteiger partial charge is 0.264 e. The van der Waals surface area contributed by atoms with Gasteiger partial charge in [-0.3, -0.25) is 13.9 Å². The summed E-state index contributed by atoms with van der Waals surface area (Å²) in [6, 6.07) is 17.3. The minimum absolute atomic E-state index is 0.0254. The Morgan fingerprint density at radius 2 is 1.62 bits per heavy atom. The van der Waals surface area contributed by atoms with Gasteiger partial charge in [-0.15, -0.1) is 0 Å². The number of rotatable bonds is 10. The van der Waals surface area contributed by atoms with Gasteiger partial charge < -0.3 is 10.2 Å². The van der Waals surface area contributed by atoms with Gasteiger partial charge in [0.2, 0.25) is 11.8 Å². The zero-order chi connectivity index (χ0) is 27.2. The van der Waals surface area contributed by atoms with Crippen LogP contribution in [0.2, 0.25) is 5.02 Å².